The van der Waals surface area contributed by atoms with Crippen LogP contribution < -0.4 is 0 Å². The van der Waals surface area contributed by atoms with Crippen molar-refractivity contribution in [2.45, 2.75) is 49.5 Å². The zero-order valence-electron chi connectivity index (χ0n) is 11.6. The monoisotopic (exact) mass is 294 g/mol. The summed E-state index contributed by atoms with van der Waals surface area (Å²) in [4.78, 5) is 12.5. The molecule has 3 rings (SSSR count). The molecule has 2 fully saturated rings. The molecule has 0 aliphatic carbocycles. The summed E-state index contributed by atoms with van der Waals surface area (Å²) in [6.45, 7) is 1.81. The van der Waals surface area contributed by atoms with E-state index in [4.69, 9.17) is 0 Å². The highest BCUT2D eigenvalue weighted by atomic mass is 32.2. The van der Waals surface area contributed by atoms with Crippen LogP contribution in [0.4, 0.5) is 4.39 Å². The molecule has 0 N–H and O–H groups in total. The lowest BCUT2D eigenvalue weighted by atomic mass is 9.84. The largest absolute Gasteiger partial charge is 0.294 e. The second-order valence-corrected chi connectivity index (χ2v) is 8.01. The Morgan fingerprint density at radius 1 is 1.25 bits per heavy atom. The maximum absolute atomic E-state index is 13.9. The van der Waals surface area contributed by atoms with Crippen LogP contribution in [0.25, 0.3) is 0 Å². The third-order valence-electron chi connectivity index (χ3n) is 4.56. The minimum absolute atomic E-state index is 0.101. The average Bonchev–Trinajstić information content (AvgIpc) is 2.37. The molecule has 0 spiro atoms. The Kier molecular flexibility index (Phi) is 3.76. The molecule has 2 unspecified atom stereocenters. The highest BCUT2D eigenvalue weighted by molar-refractivity contribution is 7.86. The number of benzene rings is 1. The third-order valence-corrected chi connectivity index (χ3v) is 6.74. The van der Waals surface area contributed by atoms with E-state index in [0.717, 1.165) is 24.8 Å². The van der Waals surface area contributed by atoms with Gasteiger partial charge in [0.1, 0.15) is 5.82 Å². The summed E-state index contributed by atoms with van der Waals surface area (Å²) >= 11 is 0. The predicted octanol–water partition coefficient (Wildman–Crippen LogP) is 3.40. The summed E-state index contributed by atoms with van der Waals surface area (Å²) in [5.41, 5.74) is 1.02. The highest BCUT2D eigenvalue weighted by Gasteiger charge is 2.40. The van der Waals surface area contributed by atoms with Gasteiger partial charge in [0.15, 0.2) is 5.78 Å². The fraction of sp³-hybridized carbons (Fsp3) is 0.562. The molecule has 2 saturated heterocycles. The molecule has 2 nitrogen and oxygen atoms in total. The number of fused-ring (bicyclic) bond motifs is 2. The van der Waals surface area contributed by atoms with E-state index in [-0.39, 0.29) is 27.8 Å². The number of aryl methyl sites for hydroxylation is 1. The molecule has 2 heterocycles. The SMILES string of the molecule is Cc1ccc(C(=O)C2CC3CCCC(C2)S3=O)c(F)c1. The van der Waals surface area contributed by atoms with Gasteiger partial charge in [-0.2, -0.15) is 0 Å². The number of Topliss-reactive ketones (excluding diaryl/α,β-unsaturated/α-hetero) is 1. The summed E-state index contributed by atoms with van der Waals surface area (Å²) in [6, 6.07) is 4.78. The normalized spacial score (nSPS) is 32.9. The Hall–Kier alpha value is -1.03. The lowest BCUT2D eigenvalue weighted by molar-refractivity contribution is 0.0891. The number of hydrogen-bond donors (Lipinski definition) is 0. The first-order valence-corrected chi connectivity index (χ1v) is 8.53. The van der Waals surface area contributed by atoms with E-state index in [1.807, 2.05) is 6.92 Å². The summed E-state index contributed by atoms with van der Waals surface area (Å²) in [5, 5.41) is 0.287. The standard InChI is InChI=1S/C16H19FO2S/c1-10-5-6-14(15(17)7-10)16(18)11-8-12-3-2-4-13(9-11)20(12)19/h5-7,11-13H,2-4,8-9H2,1H3. The molecule has 20 heavy (non-hydrogen) atoms. The van der Waals surface area contributed by atoms with Crippen LogP contribution >= 0.6 is 0 Å². The van der Waals surface area contributed by atoms with E-state index in [9.17, 15) is 13.4 Å². The van der Waals surface area contributed by atoms with Crippen LogP contribution in [-0.4, -0.2) is 20.5 Å². The van der Waals surface area contributed by atoms with Gasteiger partial charge in [-0.15, -0.1) is 0 Å². The predicted molar refractivity (Wildman–Crippen MR) is 77.8 cm³/mol. The van der Waals surface area contributed by atoms with Crippen LogP contribution in [-0.2, 0) is 10.8 Å². The lowest BCUT2D eigenvalue weighted by Gasteiger charge is -2.37. The molecule has 0 aromatic heterocycles. The molecule has 1 aromatic carbocycles. The first kappa shape index (κ1) is 13.9. The number of rotatable bonds is 2. The summed E-state index contributed by atoms with van der Waals surface area (Å²) in [6.07, 6.45) is 4.33. The van der Waals surface area contributed by atoms with Crippen molar-refractivity contribution in [3.63, 3.8) is 0 Å². The van der Waals surface area contributed by atoms with Crippen molar-refractivity contribution in [2.24, 2.45) is 5.92 Å². The minimum atomic E-state index is -0.785. The number of carbonyl (C=O) groups excluding carboxylic acids is 1. The van der Waals surface area contributed by atoms with Crippen molar-refractivity contribution >= 4 is 16.6 Å². The first-order valence-electron chi connectivity index (χ1n) is 7.26. The van der Waals surface area contributed by atoms with Crippen molar-refractivity contribution in [3.8, 4) is 0 Å². The molecule has 1 aromatic rings. The molecule has 0 radical (unpaired) electrons. The van der Waals surface area contributed by atoms with Gasteiger partial charge in [-0.1, -0.05) is 12.5 Å². The molecule has 0 saturated carbocycles. The second-order valence-electron chi connectivity index (χ2n) is 6.02. The van der Waals surface area contributed by atoms with Crippen LogP contribution in [0.3, 0.4) is 0 Å². The zero-order chi connectivity index (χ0) is 14.3. The fourth-order valence-electron chi connectivity index (χ4n) is 3.49. The summed E-state index contributed by atoms with van der Waals surface area (Å²) in [5.74, 6) is -0.678. The second kappa shape index (κ2) is 5.40. The maximum atomic E-state index is 13.9. The van der Waals surface area contributed by atoms with Crippen LogP contribution in [0.1, 0.15) is 48.0 Å². The van der Waals surface area contributed by atoms with Gasteiger partial charge in [-0.3, -0.25) is 9.00 Å². The van der Waals surface area contributed by atoms with Crippen LogP contribution in [0.5, 0.6) is 0 Å². The van der Waals surface area contributed by atoms with Crippen LogP contribution in [0, 0.1) is 18.7 Å². The quantitative estimate of drug-likeness (QED) is 0.783. The van der Waals surface area contributed by atoms with Crippen molar-refractivity contribution < 1.29 is 13.4 Å². The van der Waals surface area contributed by atoms with E-state index in [1.165, 1.54) is 6.07 Å². The Morgan fingerprint density at radius 3 is 2.50 bits per heavy atom. The van der Waals surface area contributed by atoms with Gasteiger partial charge in [-0.05, 0) is 50.3 Å². The number of halogens is 1. The molecule has 2 atom stereocenters. The van der Waals surface area contributed by atoms with Gasteiger partial charge in [0.25, 0.3) is 0 Å². The Balaban J connectivity index is 1.83. The van der Waals surface area contributed by atoms with E-state index in [2.05, 4.69) is 0 Å². The van der Waals surface area contributed by atoms with E-state index in [1.54, 1.807) is 12.1 Å². The lowest BCUT2D eigenvalue weighted by Crippen LogP contribution is -2.41. The highest BCUT2D eigenvalue weighted by Crippen LogP contribution is 2.38. The molecular weight excluding hydrogens is 275 g/mol. The Bertz CT molecular complexity index is 554. The zero-order valence-corrected chi connectivity index (χ0v) is 12.4. The first-order chi connectivity index (χ1) is 9.56. The number of carbonyl (C=O) groups is 1. The summed E-state index contributed by atoms with van der Waals surface area (Å²) < 4.78 is 26.1. The number of hydrogen-bond acceptors (Lipinski definition) is 2. The Labute approximate surface area is 121 Å². The van der Waals surface area contributed by atoms with Gasteiger partial charge in [-0.25, -0.2) is 4.39 Å². The van der Waals surface area contributed by atoms with E-state index in [0.29, 0.717) is 12.8 Å². The summed E-state index contributed by atoms with van der Waals surface area (Å²) in [7, 11) is -0.785. The van der Waals surface area contributed by atoms with Crippen molar-refractivity contribution in [1.29, 1.82) is 0 Å². The average molecular weight is 294 g/mol. The molecule has 2 aliphatic rings. The van der Waals surface area contributed by atoms with Gasteiger partial charge in [0, 0.05) is 27.2 Å². The van der Waals surface area contributed by atoms with Crippen LogP contribution in [0.2, 0.25) is 0 Å². The van der Waals surface area contributed by atoms with Gasteiger partial charge in [0.05, 0.1) is 5.56 Å². The molecule has 2 aliphatic heterocycles. The molecule has 2 bridgehead atoms. The topological polar surface area (TPSA) is 34.1 Å². The third kappa shape index (κ3) is 2.46. The van der Waals surface area contributed by atoms with E-state index >= 15 is 0 Å². The molecule has 108 valence electrons. The molecule has 0 amide bonds. The van der Waals surface area contributed by atoms with E-state index < -0.39 is 16.6 Å². The van der Waals surface area contributed by atoms with Crippen LogP contribution in [0.15, 0.2) is 18.2 Å². The van der Waals surface area contributed by atoms with Gasteiger partial charge < -0.3 is 0 Å². The smallest absolute Gasteiger partial charge is 0.168 e. The fourth-order valence-corrected chi connectivity index (χ4v) is 5.67. The van der Waals surface area contributed by atoms with Crippen molar-refractivity contribution in [3.05, 3.63) is 35.1 Å². The maximum Gasteiger partial charge on any atom is 0.168 e. The molecular formula is C16H19FO2S. The minimum Gasteiger partial charge on any atom is -0.294 e. The Morgan fingerprint density at radius 2 is 1.90 bits per heavy atom. The van der Waals surface area contributed by atoms with Crippen molar-refractivity contribution in [2.75, 3.05) is 0 Å². The van der Waals surface area contributed by atoms with Gasteiger partial charge in [0.2, 0.25) is 0 Å². The number of ketones is 1. The molecule has 4 heteroatoms. The van der Waals surface area contributed by atoms with Gasteiger partial charge >= 0.3 is 0 Å². The van der Waals surface area contributed by atoms with Crippen molar-refractivity contribution in [1.82, 2.24) is 0 Å².